The standard InChI is InChI=1S/C25H38N4OS/c1-7-17(3)22-26-23(21-18-9-8-16(2)14-19(18)31-24(21)27-22)29-12-10-28(11-13-29)20(30)15-25(4,5)6/h16-17H,7-15H2,1-6H3/t16-,17-/m1/s1. The molecule has 0 N–H and O–H groups in total. The van der Waals surface area contributed by atoms with Crippen molar-refractivity contribution in [2.24, 2.45) is 11.3 Å². The molecule has 5 nitrogen and oxygen atoms in total. The van der Waals surface area contributed by atoms with Crippen molar-refractivity contribution in [2.45, 2.75) is 79.6 Å². The maximum atomic E-state index is 12.7. The summed E-state index contributed by atoms with van der Waals surface area (Å²) in [5.74, 6) is 3.49. The minimum atomic E-state index is 0.0328. The monoisotopic (exact) mass is 442 g/mol. The van der Waals surface area contributed by atoms with Crippen molar-refractivity contribution in [3.63, 3.8) is 0 Å². The van der Waals surface area contributed by atoms with Gasteiger partial charge in [0.1, 0.15) is 16.5 Å². The summed E-state index contributed by atoms with van der Waals surface area (Å²) < 4.78 is 0. The number of piperazine rings is 1. The predicted octanol–water partition coefficient (Wildman–Crippen LogP) is 5.41. The van der Waals surface area contributed by atoms with Gasteiger partial charge in [-0.05, 0) is 42.6 Å². The van der Waals surface area contributed by atoms with E-state index in [2.05, 4.69) is 46.4 Å². The number of fused-ring (bicyclic) bond motifs is 3. The fourth-order valence-corrected chi connectivity index (χ4v) is 6.09. The summed E-state index contributed by atoms with van der Waals surface area (Å²) in [6.07, 6.45) is 5.21. The second-order valence-electron chi connectivity index (χ2n) is 10.9. The number of hydrogen-bond acceptors (Lipinski definition) is 5. The zero-order chi connectivity index (χ0) is 22.3. The Balaban J connectivity index is 1.64. The molecule has 1 amide bonds. The third kappa shape index (κ3) is 4.74. The molecule has 0 radical (unpaired) electrons. The average Bonchev–Trinajstić information content (AvgIpc) is 3.08. The van der Waals surface area contributed by atoms with Crippen LogP contribution in [0.5, 0.6) is 0 Å². The fourth-order valence-electron chi connectivity index (χ4n) is 4.70. The molecule has 0 bridgehead atoms. The molecule has 0 unspecified atom stereocenters. The number of rotatable bonds is 4. The lowest BCUT2D eigenvalue weighted by atomic mass is 9.89. The number of carbonyl (C=O) groups is 1. The van der Waals surface area contributed by atoms with E-state index in [0.29, 0.717) is 12.3 Å². The Morgan fingerprint density at radius 3 is 2.55 bits per heavy atom. The Labute approximate surface area is 191 Å². The van der Waals surface area contributed by atoms with Gasteiger partial charge in [-0.3, -0.25) is 4.79 Å². The molecule has 1 aliphatic heterocycles. The van der Waals surface area contributed by atoms with Crippen molar-refractivity contribution in [3.05, 3.63) is 16.3 Å². The van der Waals surface area contributed by atoms with Gasteiger partial charge in [-0.2, -0.15) is 0 Å². The highest BCUT2D eigenvalue weighted by Gasteiger charge is 2.30. The largest absolute Gasteiger partial charge is 0.352 e. The highest BCUT2D eigenvalue weighted by Crippen LogP contribution is 2.42. The summed E-state index contributed by atoms with van der Waals surface area (Å²) in [5, 5.41) is 1.30. The van der Waals surface area contributed by atoms with Gasteiger partial charge in [0.05, 0.1) is 5.39 Å². The molecule has 2 aromatic rings. The van der Waals surface area contributed by atoms with E-state index in [1.807, 2.05) is 16.2 Å². The Morgan fingerprint density at radius 2 is 1.90 bits per heavy atom. The zero-order valence-corrected chi connectivity index (χ0v) is 20.9. The smallest absolute Gasteiger partial charge is 0.223 e. The van der Waals surface area contributed by atoms with Crippen LogP contribution >= 0.6 is 11.3 Å². The van der Waals surface area contributed by atoms with Crippen LogP contribution in [0.25, 0.3) is 10.2 Å². The number of thiophene rings is 1. The molecule has 0 aromatic carbocycles. The predicted molar refractivity (Wildman–Crippen MR) is 130 cm³/mol. The first kappa shape index (κ1) is 22.5. The summed E-state index contributed by atoms with van der Waals surface area (Å²) >= 11 is 1.89. The minimum Gasteiger partial charge on any atom is -0.352 e. The Kier molecular flexibility index (Phi) is 6.30. The molecule has 2 aliphatic rings. The lowest BCUT2D eigenvalue weighted by Crippen LogP contribution is -2.49. The van der Waals surface area contributed by atoms with E-state index in [1.165, 1.54) is 33.5 Å². The number of aryl methyl sites for hydroxylation is 1. The van der Waals surface area contributed by atoms with E-state index in [1.54, 1.807) is 0 Å². The Hall–Kier alpha value is -1.69. The van der Waals surface area contributed by atoms with Crippen molar-refractivity contribution < 1.29 is 4.79 Å². The molecule has 1 saturated heterocycles. The van der Waals surface area contributed by atoms with Gasteiger partial charge < -0.3 is 9.80 Å². The molecule has 1 aliphatic carbocycles. The Bertz CT molecular complexity index is 953. The van der Waals surface area contributed by atoms with E-state index in [4.69, 9.17) is 9.97 Å². The summed E-state index contributed by atoms with van der Waals surface area (Å²) in [4.78, 5) is 30.0. The van der Waals surface area contributed by atoms with Crippen LogP contribution in [0, 0.1) is 11.3 Å². The van der Waals surface area contributed by atoms with Crippen LogP contribution in [-0.4, -0.2) is 47.0 Å². The van der Waals surface area contributed by atoms with Crippen LogP contribution in [-0.2, 0) is 17.6 Å². The second kappa shape index (κ2) is 8.68. The minimum absolute atomic E-state index is 0.0328. The highest BCUT2D eigenvalue weighted by molar-refractivity contribution is 7.19. The molecular weight excluding hydrogens is 404 g/mol. The number of hydrogen-bond donors (Lipinski definition) is 0. The number of nitrogens with zero attached hydrogens (tertiary/aromatic N) is 4. The lowest BCUT2D eigenvalue weighted by Gasteiger charge is -2.37. The van der Waals surface area contributed by atoms with E-state index in [9.17, 15) is 4.79 Å². The SMILES string of the molecule is CC[C@@H](C)c1nc(N2CCN(C(=O)CC(C)(C)C)CC2)c2c3c(sc2n1)C[C@H](C)CC3. The molecular formula is C25H38N4OS. The maximum absolute atomic E-state index is 12.7. The quantitative estimate of drug-likeness (QED) is 0.635. The number of amides is 1. The molecule has 6 heteroatoms. The third-order valence-corrected chi connectivity index (χ3v) is 7.97. The van der Waals surface area contributed by atoms with Crippen LogP contribution in [0.3, 0.4) is 0 Å². The summed E-state index contributed by atoms with van der Waals surface area (Å²) in [5.41, 5.74) is 1.53. The second-order valence-corrected chi connectivity index (χ2v) is 11.9. The van der Waals surface area contributed by atoms with Crippen molar-refractivity contribution in [3.8, 4) is 0 Å². The van der Waals surface area contributed by atoms with Gasteiger partial charge in [-0.1, -0.05) is 41.5 Å². The zero-order valence-electron chi connectivity index (χ0n) is 20.1. The van der Waals surface area contributed by atoms with Gasteiger partial charge in [0.15, 0.2) is 0 Å². The molecule has 3 heterocycles. The maximum Gasteiger partial charge on any atom is 0.223 e. The van der Waals surface area contributed by atoms with E-state index in [0.717, 1.165) is 56.6 Å². The number of anilines is 1. The van der Waals surface area contributed by atoms with E-state index >= 15 is 0 Å². The third-order valence-electron chi connectivity index (χ3n) is 6.82. The summed E-state index contributed by atoms with van der Waals surface area (Å²) in [7, 11) is 0. The van der Waals surface area contributed by atoms with Crippen molar-refractivity contribution in [1.82, 2.24) is 14.9 Å². The van der Waals surface area contributed by atoms with Crippen LogP contribution in [0.15, 0.2) is 0 Å². The van der Waals surface area contributed by atoms with Gasteiger partial charge >= 0.3 is 0 Å². The fraction of sp³-hybridized carbons (Fsp3) is 0.720. The topological polar surface area (TPSA) is 49.3 Å². The molecule has 1 fully saturated rings. The molecule has 170 valence electrons. The summed E-state index contributed by atoms with van der Waals surface area (Å²) in [6, 6.07) is 0. The van der Waals surface area contributed by atoms with Gasteiger partial charge in [0, 0.05) is 43.4 Å². The average molecular weight is 443 g/mol. The van der Waals surface area contributed by atoms with E-state index < -0.39 is 0 Å². The van der Waals surface area contributed by atoms with Crippen LogP contribution in [0.1, 0.15) is 83.0 Å². The van der Waals surface area contributed by atoms with Crippen molar-refractivity contribution in [1.29, 1.82) is 0 Å². The first-order chi connectivity index (χ1) is 14.7. The Morgan fingerprint density at radius 1 is 1.19 bits per heavy atom. The first-order valence-corrected chi connectivity index (χ1v) is 12.8. The van der Waals surface area contributed by atoms with Crippen LogP contribution < -0.4 is 4.90 Å². The number of aromatic nitrogens is 2. The first-order valence-electron chi connectivity index (χ1n) is 12.0. The van der Waals surface area contributed by atoms with Gasteiger partial charge in [-0.25, -0.2) is 9.97 Å². The van der Waals surface area contributed by atoms with E-state index in [-0.39, 0.29) is 11.3 Å². The number of carbonyl (C=O) groups excluding carboxylic acids is 1. The van der Waals surface area contributed by atoms with Gasteiger partial charge in [0.25, 0.3) is 0 Å². The molecule has 4 rings (SSSR count). The lowest BCUT2D eigenvalue weighted by molar-refractivity contribution is -0.133. The van der Waals surface area contributed by atoms with Crippen LogP contribution in [0.4, 0.5) is 5.82 Å². The van der Waals surface area contributed by atoms with Gasteiger partial charge in [0.2, 0.25) is 5.91 Å². The molecule has 2 atom stereocenters. The molecule has 0 saturated carbocycles. The summed E-state index contributed by atoms with van der Waals surface area (Å²) in [6.45, 7) is 16.5. The molecule has 2 aromatic heterocycles. The molecule has 31 heavy (non-hydrogen) atoms. The van der Waals surface area contributed by atoms with Crippen LogP contribution in [0.2, 0.25) is 0 Å². The van der Waals surface area contributed by atoms with Gasteiger partial charge in [-0.15, -0.1) is 11.3 Å². The molecule has 0 spiro atoms. The van der Waals surface area contributed by atoms with Crippen molar-refractivity contribution >= 4 is 33.3 Å². The normalized spacial score (nSPS) is 20.8. The van der Waals surface area contributed by atoms with Crippen molar-refractivity contribution in [2.75, 3.05) is 31.1 Å². The highest BCUT2D eigenvalue weighted by atomic mass is 32.1.